The van der Waals surface area contributed by atoms with E-state index in [9.17, 15) is 44.6 Å². The summed E-state index contributed by atoms with van der Waals surface area (Å²) in [5.74, 6) is -1.13. The molecule has 1 aliphatic rings. The fraction of sp³-hybridized carbons (Fsp3) is 0.750. The summed E-state index contributed by atoms with van der Waals surface area (Å²) in [7, 11) is -5.13. The summed E-state index contributed by atoms with van der Waals surface area (Å²) in [4.78, 5) is 35.7. The largest absolute Gasteiger partial charge is 0.472 e. The SMILES string of the molecule is CC/C=C/C=C/C=C/CCCCCCCC(=O)OC(COC(=O)CCCCCCCCCCCC/C=C/C=C/CCCCCC)COP(=O)(O)OC1C(O)C(O)C(O)[C@H](O)C1O. The molecule has 0 bridgehead atoms. The molecule has 0 aromatic carbocycles. The minimum atomic E-state index is -5.13. The normalized spacial score (nSPS) is 22.4. The maximum atomic E-state index is 12.8. The first-order chi connectivity index (χ1) is 29.9. The lowest BCUT2D eigenvalue weighted by Crippen LogP contribution is -2.64. The van der Waals surface area contributed by atoms with Gasteiger partial charge in [-0.1, -0.05) is 164 Å². The van der Waals surface area contributed by atoms with E-state index in [0.29, 0.717) is 12.8 Å². The third-order valence-corrected chi connectivity index (χ3v) is 11.7. The lowest BCUT2D eigenvalue weighted by molar-refractivity contribution is -0.220. The van der Waals surface area contributed by atoms with E-state index in [0.717, 1.165) is 70.6 Å². The van der Waals surface area contributed by atoms with Gasteiger partial charge in [0.05, 0.1) is 6.61 Å². The van der Waals surface area contributed by atoms with Crippen LogP contribution in [0.25, 0.3) is 0 Å². The van der Waals surface area contributed by atoms with Crippen molar-refractivity contribution in [2.75, 3.05) is 13.2 Å². The van der Waals surface area contributed by atoms with Gasteiger partial charge in [-0.3, -0.25) is 18.6 Å². The van der Waals surface area contributed by atoms with Crippen molar-refractivity contribution in [1.29, 1.82) is 0 Å². The first kappa shape index (κ1) is 57.6. The second-order valence-corrected chi connectivity index (χ2v) is 17.7. The van der Waals surface area contributed by atoms with Crippen LogP contribution in [0.3, 0.4) is 0 Å². The van der Waals surface area contributed by atoms with E-state index < -0.39 is 75.7 Å². The second kappa shape index (κ2) is 37.9. The molecule has 0 saturated heterocycles. The van der Waals surface area contributed by atoms with Gasteiger partial charge in [0.15, 0.2) is 6.10 Å². The van der Waals surface area contributed by atoms with Crippen molar-refractivity contribution in [2.45, 2.75) is 217 Å². The maximum absolute atomic E-state index is 12.8. The number of unbranched alkanes of at least 4 members (excludes halogenated alkanes) is 19. The summed E-state index contributed by atoms with van der Waals surface area (Å²) in [6.45, 7) is 3.12. The van der Waals surface area contributed by atoms with E-state index >= 15 is 0 Å². The maximum Gasteiger partial charge on any atom is 0.472 e. The molecule has 1 fully saturated rings. The molecule has 1 saturated carbocycles. The molecule has 1 rings (SSSR count). The first-order valence-corrected chi connectivity index (χ1v) is 25.1. The van der Waals surface area contributed by atoms with Crippen LogP contribution in [0.2, 0.25) is 0 Å². The molecule has 8 atom stereocenters. The number of allylic oxidation sites excluding steroid dienone is 10. The molecule has 0 amide bonds. The highest BCUT2D eigenvalue weighted by Crippen LogP contribution is 2.47. The van der Waals surface area contributed by atoms with Gasteiger partial charge in [-0.15, -0.1) is 0 Å². The number of phosphoric ester groups is 1. The molecule has 0 aromatic rings. The highest BCUT2D eigenvalue weighted by molar-refractivity contribution is 7.47. The third-order valence-electron chi connectivity index (χ3n) is 10.7. The van der Waals surface area contributed by atoms with Gasteiger partial charge in [0.1, 0.15) is 43.2 Å². The molecule has 0 heterocycles. The summed E-state index contributed by atoms with van der Waals surface area (Å²) in [5, 5.41) is 50.1. The molecule has 62 heavy (non-hydrogen) atoms. The van der Waals surface area contributed by atoms with Crippen molar-refractivity contribution in [2.24, 2.45) is 0 Å². The van der Waals surface area contributed by atoms with E-state index in [-0.39, 0.29) is 12.8 Å². The Bertz CT molecular complexity index is 1320. The van der Waals surface area contributed by atoms with Crippen LogP contribution in [0.5, 0.6) is 0 Å². The number of carbonyl (C=O) groups is 2. The van der Waals surface area contributed by atoms with Crippen molar-refractivity contribution in [3.63, 3.8) is 0 Å². The Balaban J connectivity index is 2.43. The molecule has 13 nitrogen and oxygen atoms in total. The zero-order valence-electron chi connectivity index (χ0n) is 37.9. The number of aliphatic hydroxyl groups is 5. The average molecular weight is 899 g/mol. The van der Waals surface area contributed by atoms with Crippen LogP contribution in [-0.2, 0) is 32.7 Å². The molecule has 14 heteroatoms. The van der Waals surface area contributed by atoms with Crippen molar-refractivity contribution >= 4 is 19.8 Å². The van der Waals surface area contributed by atoms with Crippen molar-refractivity contribution < 1.29 is 63.1 Å². The zero-order valence-corrected chi connectivity index (χ0v) is 38.8. The van der Waals surface area contributed by atoms with Gasteiger partial charge in [0.25, 0.3) is 0 Å². The van der Waals surface area contributed by atoms with Gasteiger partial charge in [0.2, 0.25) is 0 Å². The van der Waals surface area contributed by atoms with Crippen molar-refractivity contribution in [3.8, 4) is 0 Å². The lowest BCUT2D eigenvalue weighted by Gasteiger charge is -2.41. The van der Waals surface area contributed by atoms with Crippen LogP contribution in [0, 0.1) is 0 Å². The molecule has 6 N–H and O–H groups in total. The fourth-order valence-corrected chi connectivity index (χ4v) is 7.84. The van der Waals surface area contributed by atoms with Gasteiger partial charge < -0.3 is 39.9 Å². The molecular formula is C48H83O13P. The topological polar surface area (TPSA) is 210 Å². The monoisotopic (exact) mass is 899 g/mol. The summed E-state index contributed by atoms with van der Waals surface area (Å²) in [6, 6.07) is 0. The number of rotatable bonds is 38. The van der Waals surface area contributed by atoms with Crippen LogP contribution in [-0.4, -0.2) is 98.3 Å². The average Bonchev–Trinajstić information content (AvgIpc) is 3.25. The van der Waals surface area contributed by atoms with Crippen LogP contribution in [0.4, 0.5) is 0 Å². The number of carbonyl (C=O) groups excluding carboxylic acids is 2. The third kappa shape index (κ3) is 29.8. The van der Waals surface area contributed by atoms with Crippen LogP contribution in [0.15, 0.2) is 60.8 Å². The Kier molecular flexibility index (Phi) is 35.2. The van der Waals surface area contributed by atoms with Crippen molar-refractivity contribution in [3.05, 3.63) is 60.8 Å². The minimum Gasteiger partial charge on any atom is -0.462 e. The number of hydrogen-bond acceptors (Lipinski definition) is 12. The predicted molar refractivity (Wildman–Crippen MR) is 244 cm³/mol. The Hall–Kier alpha value is -2.45. The minimum absolute atomic E-state index is 0.0707. The van der Waals surface area contributed by atoms with Gasteiger partial charge in [-0.05, 0) is 57.8 Å². The number of phosphoric acid groups is 1. The number of esters is 2. The molecule has 0 spiro atoms. The summed E-state index contributed by atoms with van der Waals surface area (Å²) in [5.41, 5.74) is 0. The van der Waals surface area contributed by atoms with Gasteiger partial charge in [0, 0.05) is 12.8 Å². The highest BCUT2D eigenvalue weighted by Gasteiger charge is 2.51. The smallest absolute Gasteiger partial charge is 0.462 e. The summed E-state index contributed by atoms with van der Waals surface area (Å²) >= 11 is 0. The highest BCUT2D eigenvalue weighted by atomic mass is 31.2. The van der Waals surface area contributed by atoms with Gasteiger partial charge in [-0.2, -0.15) is 0 Å². The molecule has 7 unspecified atom stereocenters. The van der Waals surface area contributed by atoms with Crippen LogP contribution < -0.4 is 0 Å². The molecule has 0 aliphatic heterocycles. The Labute approximate surface area is 373 Å². The van der Waals surface area contributed by atoms with Gasteiger partial charge >= 0.3 is 19.8 Å². The molecule has 0 radical (unpaired) electrons. The van der Waals surface area contributed by atoms with Crippen LogP contribution >= 0.6 is 7.82 Å². The van der Waals surface area contributed by atoms with E-state index in [1.165, 1.54) is 64.2 Å². The van der Waals surface area contributed by atoms with Crippen molar-refractivity contribution in [1.82, 2.24) is 0 Å². The standard InChI is InChI=1S/C48H83O13P/c1-3-5-7-9-11-13-15-17-18-19-20-21-22-23-25-26-28-30-32-34-36-41(49)58-38-40(39-59-62(56,57)61-48-46(54)44(52)43(51)45(53)47(48)55)60-42(50)37-35-33-31-29-27-24-16-14-12-10-8-6-4-2/h6,8,10,12-18,40,43-48,51-55H,3-5,7,9,11,19-39H2,1-2H3,(H,56,57)/b8-6+,12-10+,15-13+,16-14+,18-17+/t40?,43?,44-,45?,46?,47?,48?/m0/s1. The van der Waals surface area contributed by atoms with E-state index in [1.807, 2.05) is 24.3 Å². The van der Waals surface area contributed by atoms with E-state index in [1.54, 1.807) is 0 Å². The summed E-state index contributed by atoms with van der Waals surface area (Å²) in [6.07, 6.45) is 32.8. The van der Waals surface area contributed by atoms with Crippen LogP contribution in [0.1, 0.15) is 174 Å². The van der Waals surface area contributed by atoms with E-state index in [2.05, 4.69) is 50.3 Å². The molecule has 0 aromatic heterocycles. The van der Waals surface area contributed by atoms with Gasteiger partial charge in [-0.25, -0.2) is 4.57 Å². The Morgan fingerprint density at radius 3 is 1.40 bits per heavy atom. The first-order valence-electron chi connectivity index (χ1n) is 23.6. The Morgan fingerprint density at radius 1 is 0.516 bits per heavy atom. The quantitative estimate of drug-likeness (QED) is 0.0148. The lowest BCUT2D eigenvalue weighted by atomic mass is 9.85. The van der Waals surface area contributed by atoms with E-state index in [4.69, 9.17) is 18.5 Å². The molecular weight excluding hydrogens is 815 g/mol. The fourth-order valence-electron chi connectivity index (χ4n) is 6.87. The zero-order chi connectivity index (χ0) is 45.7. The molecule has 358 valence electrons. The predicted octanol–water partition coefficient (Wildman–Crippen LogP) is 9.33. The number of hydrogen-bond donors (Lipinski definition) is 6. The summed E-state index contributed by atoms with van der Waals surface area (Å²) < 4.78 is 33.5. The number of aliphatic hydroxyl groups excluding tert-OH is 5. The Morgan fingerprint density at radius 2 is 0.919 bits per heavy atom. The second-order valence-electron chi connectivity index (χ2n) is 16.3. The molecule has 1 aliphatic carbocycles. The number of ether oxygens (including phenoxy) is 2.